The van der Waals surface area contributed by atoms with E-state index in [9.17, 15) is 0 Å². The first-order valence-corrected chi connectivity index (χ1v) is 9.48. The van der Waals surface area contributed by atoms with Gasteiger partial charge in [-0.15, -0.1) is 0 Å². The van der Waals surface area contributed by atoms with Gasteiger partial charge in [0.15, 0.2) is 0 Å². The van der Waals surface area contributed by atoms with E-state index in [2.05, 4.69) is 48.3 Å². The van der Waals surface area contributed by atoms with Gasteiger partial charge >= 0.3 is 0 Å². The lowest BCUT2D eigenvalue weighted by molar-refractivity contribution is 0.391. The van der Waals surface area contributed by atoms with Crippen LogP contribution in [0.15, 0.2) is 50.6 Å². The molecule has 3 aromatic heterocycles. The molecule has 0 aliphatic heterocycles. The Labute approximate surface area is 147 Å². The number of benzene rings is 1. The number of rotatable bonds is 4. The number of hydrogen-bond donors (Lipinski definition) is 0. The lowest BCUT2D eigenvalue weighted by Gasteiger charge is -2.07. The molecule has 0 amide bonds. The van der Waals surface area contributed by atoms with E-state index in [1.807, 2.05) is 16.8 Å². The first-order valence-electron chi connectivity index (χ1n) is 7.55. The Morgan fingerprint density at radius 3 is 2.88 bits per heavy atom. The monoisotopic (exact) mass is 353 g/mol. The van der Waals surface area contributed by atoms with E-state index < -0.39 is 0 Å². The van der Waals surface area contributed by atoms with E-state index in [-0.39, 0.29) is 0 Å². The Kier molecular flexibility index (Phi) is 4.08. The molecule has 0 unspecified atom stereocenters. The van der Waals surface area contributed by atoms with Crippen molar-refractivity contribution in [1.29, 1.82) is 0 Å². The summed E-state index contributed by atoms with van der Waals surface area (Å²) in [7, 11) is 0. The molecule has 0 aliphatic carbocycles. The molecule has 0 atom stereocenters. The Hall–Kier alpha value is -2.18. The molecule has 4 aromatic rings. The molecule has 0 radical (unpaired) electrons. The second-order valence-electron chi connectivity index (χ2n) is 5.56. The van der Waals surface area contributed by atoms with Crippen LogP contribution < -0.4 is 0 Å². The van der Waals surface area contributed by atoms with Gasteiger partial charge in [-0.3, -0.25) is 0 Å². The summed E-state index contributed by atoms with van der Waals surface area (Å²) in [6.45, 7) is 4.21. The third-order valence-electron chi connectivity index (χ3n) is 3.82. The van der Waals surface area contributed by atoms with Gasteiger partial charge in [-0.25, -0.2) is 4.98 Å². The topological polar surface area (TPSA) is 51.8 Å². The highest BCUT2D eigenvalue weighted by Crippen LogP contribution is 2.28. The van der Waals surface area contributed by atoms with Crippen LogP contribution in [-0.4, -0.2) is 15.1 Å². The van der Waals surface area contributed by atoms with E-state index >= 15 is 0 Å². The van der Waals surface area contributed by atoms with Crippen LogP contribution in [0.5, 0.6) is 0 Å². The number of aryl methyl sites for hydroxylation is 2. The maximum absolute atomic E-state index is 5.35. The molecule has 0 aliphatic rings. The van der Waals surface area contributed by atoms with Crippen molar-refractivity contribution in [2.24, 2.45) is 0 Å². The van der Waals surface area contributed by atoms with Gasteiger partial charge in [-0.1, -0.05) is 35.1 Å². The Morgan fingerprint density at radius 1 is 1.12 bits per heavy atom. The normalized spacial score (nSPS) is 11.2. The van der Waals surface area contributed by atoms with Gasteiger partial charge in [0.1, 0.15) is 0 Å². The number of aromatic nitrogens is 3. The van der Waals surface area contributed by atoms with Gasteiger partial charge in [0.25, 0.3) is 0 Å². The van der Waals surface area contributed by atoms with E-state index in [1.165, 1.54) is 16.5 Å². The maximum Gasteiger partial charge on any atom is 0.237 e. The molecule has 6 heteroatoms. The number of nitrogens with zero attached hydrogens (tertiary/aromatic N) is 3. The highest BCUT2D eigenvalue weighted by molar-refractivity contribution is 7.98. The Bertz CT molecular complexity index is 993. The lowest BCUT2D eigenvalue weighted by atomic mass is 10.1. The Balaban J connectivity index is 1.56. The molecular weight excluding hydrogens is 338 g/mol. The van der Waals surface area contributed by atoms with Crippen LogP contribution >= 0.6 is 23.1 Å². The number of para-hydroxylation sites is 1. The van der Waals surface area contributed by atoms with Gasteiger partial charge in [0.2, 0.25) is 11.7 Å². The molecule has 0 fully saturated rings. The van der Waals surface area contributed by atoms with Crippen molar-refractivity contribution < 1.29 is 4.52 Å². The van der Waals surface area contributed by atoms with Crippen LogP contribution in [0.3, 0.4) is 0 Å². The third-order valence-corrected chi connectivity index (χ3v) is 5.39. The average Bonchev–Trinajstić information content (AvgIpc) is 3.25. The van der Waals surface area contributed by atoms with Crippen LogP contribution in [0.1, 0.15) is 17.0 Å². The highest BCUT2D eigenvalue weighted by Gasteiger charge is 2.11. The summed E-state index contributed by atoms with van der Waals surface area (Å²) >= 11 is 3.24. The fraction of sp³-hybridized carbons (Fsp3) is 0.167. The fourth-order valence-electron chi connectivity index (χ4n) is 2.56. The third kappa shape index (κ3) is 2.95. The molecular formula is C18H15N3OS2. The number of fused-ring (bicyclic) bond motifs is 1. The molecule has 120 valence electrons. The second-order valence-corrected chi connectivity index (χ2v) is 7.34. The minimum atomic E-state index is 0.612. The molecule has 0 N–H and O–H groups in total. The molecule has 0 bridgehead atoms. The number of thioether (sulfide) groups is 1. The second kappa shape index (κ2) is 6.37. The highest BCUT2D eigenvalue weighted by atomic mass is 32.2. The maximum atomic E-state index is 5.35. The van der Waals surface area contributed by atoms with Gasteiger partial charge in [-0.05, 0) is 42.5 Å². The smallest absolute Gasteiger partial charge is 0.237 e. The molecule has 24 heavy (non-hydrogen) atoms. The van der Waals surface area contributed by atoms with Gasteiger partial charge in [0, 0.05) is 16.3 Å². The summed E-state index contributed by atoms with van der Waals surface area (Å²) in [4.78, 5) is 9.23. The summed E-state index contributed by atoms with van der Waals surface area (Å²) in [6.07, 6.45) is 0. The lowest BCUT2D eigenvalue weighted by Crippen LogP contribution is -1.90. The molecule has 0 saturated heterocycles. The fourth-order valence-corrected chi connectivity index (χ4v) is 4.00. The zero-order chi connectivity index (χ0) is 16.5. The van der Waals surface area contributed by atoms with Crippen LogP contribution in [0.4, 0.5) is 0 Å². The van der Waals surface area contributed by atoms with Crippen molar-refractivity contribution in [2.45, 2.75) is 24.6 Å². The van der Waals surface area contributed by atoms with E-state index in [4.69, 9.17) is 9.51 Å². The molecule has 3 heterocycles. The first-order chi connectivity index (χ1) is 11.7. The average molecular weight is 353 g/mol. The van der Waals surface area contributed by atoms with Crippen LogP contribution in [0.2, 0.25) is 0 Å². The summed E-state index contributed by atoms with van der Waals surface area (Å²) in [5.41, 5.74) is 4.48. The summed E-state index contributed by atoms with van der Waals surface area (Å²) in [5.74, 6) is 1.87. The largest absolute Gasteiger partial charge is 0.338 e. The van der Waals surface area contributed by atoms with E-state index in [0.29, 0.717) is 17.5 Å². The minimum absolute atomic E-state index is 0.612. The van der Waals surface area contributed by atoms with Crippen molar-refractivity contribution >= 4 is 34.0 Å². The molecule has 4 rings (SSSR count). The van der Waals surface area contributed by atoms with Crippen LogP contribution in [0.25, 0.3) is 22.3 Å². The summed E-state index contributed by atoms with van der Waals surface area (Å²) in [5, 5.41) is 10.2. The quantitative estimate of drug-likeness (QED) is 0.469. The van der Waals surface area contributed by atoms with Crippen molar-refractivity contribution in [3.8, 4) is 11.4 Å². The van der Waals surface area contributed by atoms with Crippen molar-refractivity contribution in [2.75, 3.05) is 0 Å². The predicted molar refractivity (Wildman–Crippen MR) is 98.4 cm³/mol. The zero-order valence-electron chi connectivity index (χ0n) is 13.3. The van der Waals surface area contributed by atoms with E-state index in [0.717, 1.165) is 16.1 Å². The SMILES string of the molecule is Cc1cc(SCc2nc(-c3ccsc3)no2)nc2c(C)cccc12. The molecule has 0 saturated carbocycles. The number of thiophene rings is 1. The first kappa shape index (κ1) is 15.4. The zero-order valence-corrected chi connectivity index (χ0v) is 14.9. The standard InChI is InChI=1S/C18H15N3OS2/c1-11-4-3-5-14-12(2)8-16(20-17(11)14)24-10-15-19-18(21-22-15)13-6-7-23-9-13/h3-9H,10H2,1-2H3. The van der Waals surface area contributed by atoms with Crippen LogP contribution in [0, 0.1) is 13.8 Å². The van der Waals surface area contributed by atoms with Crippen molar-refractivity contribution in [3.05, 3.63) is 58.1 Å². The molecule has 1 aromatic carbocycles. The molecule has 4 nitrogen and oxygen atoms in total. The van der Waals surface area contributed by atoms with Gasteiger partial charge in [-0.2, -0.15) is 16.3 Å². The van der Waals surface area contributed by atoms with E-state index in [1.54, 1.807) is 23.1 Å². The predicted octanol–water partition coefficient (Wildman–Crippen LogP) is 5.26. The van der Waals surface area contributed by atoms with Crippen LogP contribution in [-0.2, 0) is 5.75 Å². The number of hydrogen-bond acceptors (Lipinski definition) is 6. The van der Waals surface area contributed by atoms with Gasteiger partial charge < -0.3 is 4.52 Å². The van der Waals surface area contributed by atoms with Crippen molar-refractivity contribution in [3.63, 3.8) is 0 Å². The Morgan fingerprint density at radius 2 is 2.04 bits per heavy atom. The number of pyridine rings is 1. The van der Waals surface area contributed by atoms with Crippen molar-refractivity contribution in [1.82, 2.24) is 15.1 Å². The molecule has 0 spiro atoms. The summed E-state index contributed by atoms with van der Waals surface area (Å²) in [6, 6.07) is 10.4. The minimum Gasteiger partial charge on any atom is -0.338 e. The van der Waals surface area contributed by atoms with Gasteiger partial charge in [0.05, 0.1) is 16.3 Å². The summed E-state index contributed by atoms with van der Waals surface area (Å²) < 4.78 is 5.35.